The first-order valence-corrected chi connectivity index (χ1v) is 9.18. The van der Waals surface area contributed by atoms with E-state index in [2.05, 4.69) is 32.7 Å². The van der Waals surface area contributed by atoms with E-state index < -0.39 is 0 Å². The van der Waals surface area contributed by atoms with E-state index in [0.29, 0.717) is 19.8 Å². The predicted octanol–water partition coefficient (Wildman–Crippen LogP) is 2.16. The summed E-state index contributed by atoms with van der Waals surface area (Å²) in [7, 11) is 1.95. The molecule has 2 aromatic rings. The molecule has 0 aliphatic rings. The molecule has 2 rings (SSSR count). The molecule has 0 saturated carbocycles. The second kappa shape index (κ2) is 11.3. The van der Waals surface area contributed by atoms with Gasteiger partial charge < -0.3 is 24.4 Å². The zero-order valence-corrected chi connectivity index (χ0v) is 16.0. The summed E-state index contributed by atoms with van der Waals surface area (Å²) in [6.45, 7) is 7.45. The van der Waals surface area contributed by atoms with E-state index in [1.54, 1.807) is 6.26 Å². The maximum Gasteiger partial charge on any atom is 0.191 e. The van der Waals surface area contributed by atoms with Crippen molar-refractivity contribution in [2.75, 3.05) is 19.7 Å². The van der Waals surface area contributed by atoms with E-state index in [1.807, 2.05) is 30.7 Å². The topological polar surface area (TPSA) is 89.5 Å². The maximum absolute atomic E-state index is 5.59. The summed E-state index contributed by atoms with van der Waals surface area (Å²) < 4.78 is 12.8. The van der Waals surface area contributed by atoms with E-state index >= 15 is 0 Å². The van der Waals surface area contributed by atoms with E-state index in [1.165, 1.54) is 0 Å². The Labute approximate surface area is 155 Å². The lowest BCUT2D eigenvalue weighted by atomic mass is 10.3. The van der Waals surface area contributed by atoms with Gasteiger partial charge in [-0.1, -0.05) is 13.3 Å². The van der Waals surface area contributed by atoms with Gasteiger partial charge in [0, 0.05) is 26.7 Å². The fraction of sp³-hybridized carbons (Fsp3) is 0.611. The van der Waals surface area contributed by atoms with Gasteiger partial charge in [0.05, 0.1) is 6.26 Å². The minimum atomic E-state index is 0.494. The van der Waals surface area contributed by atoms with Crippen LogP contribution in [0.1, 0.15) is 43.6 Å². The number of guanidine groups is 1. The van der Waals surface area contributed by atoms with Crippen LogP contribution >= 0.6 is 0 Å². The largest absolute Gasteiger partial charge is 0.467 e. The number of aliphatic imine (C=N–C) groups is 1. The first-order chi connectivity index (χ1) is 12.7. The Bertz CT molecular complexity index is 651. The summed E-state index contributed by atoms with van der Waals surface area (Å²) in [4.78, 5) is 4.61. The van der Waals surface area contributed by atoms with Crippen molar-refractivity contribution in [1.82, 2.24) is 25.4 Å². The zero-order valence-electron chi connectivity index (χ0n) is 16.0. The number of unbranched alkanes of at least 4 members (excludes halogenated alkanes) is 1. The van der Waals surface area contributed by atoms with Crippen LogP contribution in [-0.4, -0.2) is 40.4 Å². The van der Waals surface area contributed by atoms with Crippen molar-refractivity contribution in [3.63, 3.8) is 0 Å². The number of nitrogens with zero attached hydrogens (tertiary/aromatic N) is 4. The molecule has 0 aromatic carbocycles. The van der Waals surface area contributed by atoms with Crippen LogP contribution in [0.25, 0.3) is 0 Å². The molecule has 8 nitrogen and oxygen atoms in total. The van der Waals surface area contributed by atoms with Crippen LogP contribution < -0.4 is 10.6 Å². The van der Waals surface area contributed by atoms with Crippen molar-refractivity contribution in [1.29, 1.82) is 0 Å². The summed E-state index contributed by atoms with van der Waals surface area (Å²) in [5.41, 5.74) is 0. The van der Waals surface area contributed by atoms with Crippen LogP contribution in [0, 0.1) is 6.92 Å². The summed E-state index contributed by atoms with van der Waals surface area (Å²) in [5, 5.41) is 14.9. The van der Waals surface area contributed by atoms with Gasteiger partial charge in [-0.05, 0) is 31.9 Å². The number of rotatable bonds is 11. The first kappa shape index (κ1) is 20.0. The Morgan fingerprint density at radius 1 is 1.27 bits per heavy atom. The number of nitrogens with one attached hydrogen (secondary N) is 2. The second-order valence-electron chi connectivity index (χ2n) is 6.08. The number of furan rings is 1. The van der Waals surface area contributed by atoms with Gasteiger partial charge in [0.2, 0.25) is 0 Å². The van der Waals surface area contributed by atoms with Gasteiger partial charge in [-0.2, -0.15) is 0 Å². The van der Waals surface area contributed by atoms with Gasteiger partial charge in [-0.15, -0.1) is 10.2 Å². The fourth-order valence-corrected chi connectivity index (χ4v) is 2.24. The van der Waals surface area contributed by atoms with Crippen LogP contribution in [0.3, 0.4) is 0 Å². The molecule has 0 bridgehead atoms. The van der Waals surface area contributed by atoms with Crippen molar-refractivity contribution in [3.8, 4) is 0 Å². The molecule has 0 fully saturated rings. The van der Waals surface area contributed by atoms with Gasteiger partial charge >= 0.3 is 0 Å². The Kier molecular flexibility index (Phi) is 8.68. The summed E-state index contributed by atoms with van der Waals surface area (Å²) >= 11 is 0. The van der Waals surface area contributed by atoms with Crippen LogP contribution in [0.15, 0.2) is 27.8 Å². The predicted molar refractivity (Wildman–Crippen MR) is 101 cm³/mol. The highest BCUT2D eigenvalue weighted by molar-refractivity contribution is 5.79. The third kappa shape index (κ3) is 6.87. The first-order valence-electron chi connectivity index (χ1n) is 9.18. The molecular weight excluding hydrogens is 332 g/mol. The third-order valence-electron chi connectivity index (χ3n) is 3.97. The third-order valence-corrected chi connectivity index (χ3v) is 3.97. The Hall–Kier alpha value is -2.35. The van der Waals surface area contributed by atoms with Crippen molar-refractivity contribution in [2.45, 2.75) is 46.3 Å². The smallest absolute Gasteiger partial charge is 0.191 e. The molecule has 8 heteroatoms. The maximum atomic E-state index is 5.59. The van der Waals surface area contributed by atoms with Crippen LogP contribution in [0.2, 0.25) is 0 Å². The van der Waals surface area contributed by atoms with Crippen molar-refractivity contribution in [3.05, 3.63) is 35.8 Å². The lowest BCUT2D eigenvalue weighted by molar-refractivity contribution is 0.105. The SMILES string of the molecule is CCCCNC(=NCc1nnc(C)n1C)NCCCOCc1ccco1. The van der Waals surface area contributed by atoms with Crippen LogP contribution in [-0.2, 0) is 24.9 Å². The zero-order chi connectivity index (χ0) is 18.6. The molecule has 0 amide bonds. The molecule has 26 heavy (non-hydrogen) atoms. The number of ether oxygens (including phenoxy) is 1. The average molecular weight is 362 g/mol. The summed E-state index contributed by atoms with van der Waals surface area (Å²) in [6.07, 6.45) is 4.79. The number of aromatic nitrogens is 3. The fourth-order valence-electron chi connectivity index (χ4n) is 2.24. The molecule has 0 unspecified atom stereocenters. The highest BCUT2D eigenvalue weighted by Gasteiger charge is 2.05. The molecule has 0 saturated heterocycles. The van der Waals surface area contributed by atoms with Gasteiger partial charge in [-0.25, -0.2) is 4.99 Å². The summed E-state index contributed by atoms with van der Waals surface area (Å²) in [6, 6.07) is 3.78. The molecule has 2 N–H and O–H groups in total. The van der Waals surface area contributed by atoms with Crippen molar-refractivity contribution >= 4 is 5.96 Å². The van der Waals surface area contributed by atoms with Crippen molar-refractivity contribution < 1.29 is 9.15 Å². The lowest BCUT2D eigenvalue weighted by Crippen LogP contribution is -2.38. The minimum Gasteiger partial charge on any atom is -0.467 e. The molecule has 0 radical (unpaired) electrons. The monoisotopic (exact) mass is 362 g/mol. The molecule has 0 aliphatic carbocycles. The highest BCUT2D eigenvalue weighted by Crippen LogP contribution is 2.02. The minimum absolute atomic E-state index is 0.494. The van der Waals surface area contributed by atoms with Gasteiger partial charge in [0.1, 0.15) is 24.7 Å². The molecule has 0 aliphatic heterocycles. The molecule has 0 atom stereocenters. The van der Waals surface area contributed by atoms with E-state index in [-0.39, 0.29) is 0 Å². The van der Waals surface area contributed by atoms with Crippen LogP contribution in [0.4, 0.5) is 0 Å². The van der Waals surface area contributed by atoms with E-state index in [0.717, 1.165) is 55.7 Å². The standard InChI is InChI=1S/C18H30N6O2/c1-4-5-9-19-18(21-13-17-23-22-15(2)24(17)3)20-10-7-11-25-14-16-8-6-12-26-16/h6,8,12H,4-5,7,9-11,13-14H2,1-3H3,(H2,19,20,21). The average Bonchev–Trinajstić information content (AvgIpc) is 3.27. The Balaban J connectivity index is 1.72. The van der Waals surface area contributed by atoms with E-state index in [4.69, 9.17) is 9.15 Å². The molecule has 144 valence electrons. The molecule has 2 aromatic heterocycles. The normalized spacial score (nSPS) is 11.7. The molecular formula is C18H30N6O2. The van der Waals surface area contributed by atoms with Crippen molar-refractivity contribution in [2.24, 2.45) is 12.0 Å². The Morgan fingerprint density at radius 2 is 2.08 bits per heavy atom. The molecule has 2 heterocycles. The van der Waals surface area contributed by atoms with Crippen LogP contribution in [0.5, 0.6) is 0 Å². The van der Waals surface area contributed by atoms with E-state index in [9.17, 15) is 0 Å². The number of hydrogen-bond acceptors (Lipinski definition) is 5. The van der Waals surface area contributed by atoms with Gasteiger partial charge in [0.25, 0.3) is 0 Å². The Morgan fingerprint density at radius 3 is 2.73 bits per heavy atom. The number of hydrogen-bond donors (Lipinski definition) is 2. The second-order valence-corrected chi connectivity index (χ2v) is 6.08. The molecule has 0 spiro atoms. The van der Waals surface area contributed by atoms with Gasteiger partial charge in [0.15, 0.2) is 11.8 Å². The summed E-state index contributed by atoms with van der Waals surface area (Å²) in [5.74, 6) is 3.38. The quantitative estimate of drug-likeness (QED) is 0.362. The highest BCUT2D eigenvalue weighted by atomic mass is 16.5. The van der Waals surface area contributed by atoms with Gasteiger partial charge in [-0.3, -0.25) is 0 Å². The number of aryl methyl sites for hydroxylation is 1. The lowest BCUT2D eigenvalue weighted by Gasteiger charge is -2.12.